The van der Waals surface area contributed by atoms with Gasteiger partial charge in [-0.15, -0.1) is 0 Å². The van der Waals surface area contributed by atoms with E-state index in [9.17, 15) is 9.59 Å². The molecular weight excluding hydrogens is 344 g/mol. The molecule has 1 fully saturated rings. The van der Waals surface area contributed by atoms with Crippen LogP contribution >= 0.6 is 0 Å². The van der Waals surface area contributed by atoms with E-state index < -0.39 is 5.91 Å². The van der Waals surface area contributed by atoms with E-state index in [1.165, 1.54) is 17.3 Å². The highest BCUT2D eigenvalue weighted by Crippen LogP contribution is 2.24. The van der Waals surface area contributed by atoms with E-state index in [1.807, 2.05) is 24.3 Å². The molecule has 2 heterocycles. The molecule has 0 aliphatic heterocycles. The number of aromatic amines is 1. The normalized spacial score (nSPS) is 19.9. The second-order valence-electron chi connectivity index (χ2n) is 7.10. The fourth-order valence-corrected chi connectivity index (χ4v) is 3.73. The van der Waals surface area contributed by atoms with Crippen LogP contribution in [-0.2, 0) is 0 Å². The molecule has 1 saturated carbocycles. The Kier molecular flexibility index (Phi) is 4.39. The fraction of sp³-hybridized carbons (Fsp3) is 0.368. The number of hydrogen-bond acceptors (Lipinski definition) is 4. The first-order valence-corrected chi connectivity index (χ1v) is 9.17. The number of primary amides is 1. The highest BCUT2D eigenvalue weighted by atomic mass is 16.2. The highest BCUT2D eigenvalue weighted by molar-refractivity contribution is 6.04. The summed E-state index contributed by atoms with van der Waals surface area (Å²) in [6.07, 6.45) is 5.69. The van der Waals surface area contributed by atoms with Gasteiger partial charge in [-0.1, -0.05) is 31.9 Å². The van der Waals surface area contributed by atoms with Crippen LogP contribution in [0.2, 0.25) is 0 Å². The number of nitrogens with zero attached hydrogens (tertiary/aromatic N) is 3. The van der Waals surface area contributed by atoms with Crippen molar-refractivity contribution in [3.8, 4) is 5.95 Å². The first kappa shape index (κ1) is 17.3. The predicted molar refractivity (Wildman–Crippen MR) is 101 cm³/mol. The summed E-state index contributed by atoms with van der Waals surface area (Å²) in [5, 5.41) is 3.02. The quantitative estimate of drug-likeness (QED) is 0.655. The maximum atomic E-state index is 12.8. The number of carbonyl (C=O) groups excluding carboxylic acids is 2. The molecule has 0 spiro atoms. The van der Waals surface area contributed by atoms with Crippen molar-refractivity contribution in [3.05, 3.63) is 42.0 Å². The molecule has 8 nitrogen and oxygen atoms in total. The zero-order chi connectivity index (χ0) is 19.0. The van der Waals surface area contributed by atoms with Crippen LogP contribution in [0, 0.1) is 5.92 Å². The van der Waals surface area contributed by atoms with Crippen LogP contribution in [0.25, 0.3) is 17.0 Å². The topological polar surface area (TPSA) is 119 Å². The minimum atomic E-state index is -0.727. The van der Waals surface area contributed by atoms with Crippen LogP contribution in [0.3, 0.4) is 0 Å². The third kappa shape index (κ3) is 3.18. The lowest BCUT2D eigenvalue weighted by Gasteiger charge is -2.29. The van der Waals surface area contributed by atoms with Crippen LogP contribution in [0.1, 0.15) is 53.6 Å². The van der Waals surface area contributed by atoms with Crippen LogP contribution < -0.4 is 11.1 Å². The number of H-pyrrole nitrogens is 1. The van der Waals surface area contributed by atoms with Gasteiger partial charge in [0.15, 0.2) is 5.69 Å². The van der Waals surface area contributed by atoms with Gasteiger partial charge in [0.05, 0.1) is 11.0 Å². The second kappa shape index (κ2) is 6.86. The van der Waals surface area contributed by atoms with Gasteiger partial charge in [0.25, 0.3) is 11.8 Å². The van der Waals surface area contributed by atoms with Crippen molar-refractivity contribution < 1.29 is 9.59 Å². The van der Waals surface area contributed by atoms with Crippen molar-refractivity contribution in [2.24, 2.45) is 11.7 Å². The summed E-state index contributed by atoms with van der Waals surface area (Å²) in [6.45, 7) is 2.13. The van der Waals surface area contributed by atoms with E-state index in [-0.39, 0.29) is 23.3 Å². The van der Waals surface area contributed by atoms with E-state index in [4.69, 9.17) is 5.73 Å². The lowest BCUT2D eigenvalue weighted by atomic mass is 9.86. The Morgan fingerprint density at radius 3 is 2.78 bits per heavy atom. The Morgan fingerprint density at radius 1 is 1.26 bits per heavy atom. The van der Waals surface area contributed by atoms with Crippen LogP contribution in [-0.4, -0.2) is 37.4 Å². The molecule has 140 valence electrons. The number of amides is 2. The smallest absolute Gasteiger partial charge is 0.272 e. The molecule has 3 aromatic rings. The van der Waals surface area contributed by atoms with E-state index in [0.717, 1.165) is 30.3 Å². The molecule has 1 aromatic carbocycles. The molecule has 2 aromatic heterocycles. The van der Waals surface area contributed by atoms with Gasteiger partial charge in [0, 0.05) is 6.04 Å². The SMILES string of the molecule is CC1CCCCC1NC(=O)c1ncn(-c2nc3ccccc3[nH]2)c1C(N)=O. The summed E-state index contributed by atoms with van der Waals surface area (Å²) in [6, 6.07) is 7.58. The fourth-order valence-electron chi connectivity index (χ4n) is 3.73. The molecule has 2 atom stereocenters. The Balaban J connectivity index is 1.68. The van der Waals surface area contributed by atoms with Crippen molar-refractivity contribution >= 4 is 22.8 Å². The van der Waals surface area contributed by atoms with E-state index >= 15 is 0 Å². The third-order valence-electron chi connectivity index (χ3n) is 5.25. The molecule has 0 saturated heterocycles. The number of benzene rings is 1. The number of imidazole rings is 2. The Hall–Kier alpha value is -3.16. The average molecular weight is 366 g/mol. The first-order chi connectivity index (χ1) is 13.0. The summed E-state index contributed by atoms with van der Waals surface area (Å²) in [5.74, 6) is -0.313. The lowest BCUT2D eigenvalue weighted by Crippen LogP contribution is -2.41. The number of hydrogen-bond donors (Lipinski definition) is 3. The van der Waals surface area contributed by atoms with E-state index in [2.05, 4.69) is 27.2 Å². The minimum Gasteiger partial charge on any atom is -0.364 e. The number of carbonyl (C=O) groups is 2. The standard InChI is InChI=1S/C19H22N6O2/c1-11-6-2-3-7-12(11)22-18(27)15-16(17(20)26)25(10-21-15)19-23-13-8-4-5-9-14(13)24-19/h4-5,8-12H,2-3,6-7H2,1H3,(H2,20,26)(H,22,27)(H,23,24). The Morgan fingerprint density at radius 2 is 2.04 bits per heavy atom. The summed E-state index contributed by atoms with van der Waals surface area (Å²) in [4.78, 5) is 36.6. The molecule has 2 amide bonds. The minimum absolute atomic E-state index is 0.0232. The summed E-state index contributed by atoms with van der Waals surface area (Å²) in [5.41, 5.74) is 7.19. The van der Waals surface area contributed by atoms with Gasteiger partial charge in [0.2, 0.25) is 5.95 Å². The van der Waals surface area contributed by atoms with E-state index in [1.54, 1.807) is 0 Å². The maximum absolute atomic E-state index is 12.8. The zero-order valence-corrected chi connectivity index (χ0v) is 15.1. The van der Waals surface area contributed by atoms with Gasteiger partial charge in [-0.05, 0) is 30.9 Å². The maximum Gasteiger partial charge on any atom is 0.272 e. The van der Waals surface area contributed by atoms with Crippen LogP contribution in [0.15, 0.2) is 30.6 Å². The number of rotatable bonds is 4. The largest absolute Gasteiger partial charge is 0.364 e. The lowest BCUT2D eigenvalue weighted by molar-refractivity contribution is 0.0893. The van der Waals surface area contributed by atoms with Crippen LogP contribution in [0.5, 0.6) is 0 Å². The number of aromatic nitrogens is 4. The first-order valence-electron chi connectivity index (χ1n) is 9.17. The molecular formula is C19H22N6O2. The van der Waals surface area contributed by atoms with Gasteiger partial charge in [0.1, 0.15) is 12.0 Å². The number of fused-ring (bicyclic) bond motifs is 1. The second-order valence-corrected chi connectivity index (χ2v) is 7.10. The summed E-state index contributed by atoms with van der Waals surface area (Å²) in [7, 11) is 0. The molecule has 0 radical (unpaired) electrons. The molecule has 4 rings (SSSR count). The summed E-state index contributed by atoms with van der Waals surface area (Å²) >= 11 is 0. The molecule has 8 heteroatoms. The highest BCUT2D eigenvalue weighted by Gasteiger charge is 2.28. The molecule has 1 aliphatic carbocycles. The Bertz CT molecular complexity index is 972. The van der Waals surface area contributed by atoms with Gasteiger partial charge in [-0.25, -0.2) is 9.97 Å². The zero-order valence-electron chi connectivity index (χ0n) is 15.1. The van der Waals surface area contributed by atoms with Crippen molar-refractivity contribution in [3.63, 3.8) is 0 Å². The van der Waals surface area contributed by atoms with Crippen molar-refractivity contribution in [1.29, 1.82) is 0 Å². The van der Waals surface area contributed by atoms with E-state index in [0.29, 0.717) is 11.9 Å². The van der Waals surface area contributed by atoms with Gasteiger partial charge in [-0.3, -0.25) is 14.2 Å². The van der Waals surface area contributed by atoms with Gasteiger partial charge in [-0.2, -0.15) is 0 Å². The molecule has 2 unspecified atom stereocenters. The van der Waals surface area contributed by atoms with Gasteiger partial charge >= 0.3 is 0 Å². The average Bonchev–Trinajstić information content (AvgIpc) is 3.27. The molecule has 27 heavy (non-hydrogen) atoms. The Labute approximate surface area is 156 Å². The molecule has 0 bridgehead atoms. The van der Waals surface area contributed by atoms with Gasteiger partial charge < -0.3 is 16.0 Å². The monoisotopic (exact) mass is 366 g/mol. The summed E-state index contributed by atoms with van der Waals surface area (Å²) < 4.78 is 1.43. The van der Waals surface area contributed by atoms with Crippen molar-refractivity contribution in [2.75, 3.05) is 0 Å². The molecule has 1 aliphatic rings. The third-order valence-corrected chi connectivity index (χ3v) is 5.25. The predicted octanol–water partition coefficient (Wildman–Crippen LogP) is 2.16. The number of para-hydroxylation sites is 2. The van der Waals surface area contributed by atoms with Crippen molar-refractivity contribution in [2.45, 2.75) is 38.6 Å². The van der Waals surface area contributed by atoms with Crippen molar-refractivity contribution in [1.82, 2.24) is 24.8 Å². The number of nitrogens with two attached hydrogens (primary N) is 1. The molecule has 4 N–H and O–H groups in total. The van der Waals surface area contributed by atoms with Crippen LogP contribution in [0.4, 0.5) is 0 Å². The number of nitrogens with one attached hydrogen (secondary N) is 2.